The average molecular weight is 447 g/mol. The minimum atomic E-state index is -0.211. The molecule has 1 fully saturated rings. The van der Waals surface area contributed by atoms with Crippen LogP contribution in [-0.4, -0.2) is 64.3 Å². The molecule has 8 heteroatoms. The molecular weight excluding hydrogens is 416 g/mol. The number of hydrogen-bond acceptors (Lipinski definition) is 6. The van der Waals surface area contributed by atoms with E-state index in [1.54, 1.807) is 18.1 Å². The van der Waals surface area contributed by atoms with Gasteiger partial charge in [0, 0.05) is 57.8 Å². The summed E-state index contributed by atoms with van der Waals surface area (Å²) in [5.74, 6) is 1.35. The Balaban J connectivity index is 1.69. The van der Waals surface area contributed by atoms with E-state index in [2.05, 4.69) is 4.98 Å². The van der Waals surface area contributed by atoms with Crippen molar-refractivity contribution in [2.75, 3.05) is 32.6 Å². The number of likely N-dealkylation sites (tertiary alicyclic amines) is 1. The fraction of sp³-hybridized carbons (Fsp3) is 0.400. The Hall–Kier alpha value is -3.55. The van der Waals surface area contributed by atoms with Crippen molar-refractivity contribution >= 4 is 28.5 Å². The van der Waals surface area contributed by atoms with Crippen molar-refractivity contribution in [3.05, 3.63) is 59.7 Å². The van der Waals surface area contributed by atoms with Crippen LogP contribution in [0.3, 0.4) is 0 Å². The third-order valence-electron chi connectivity index (χ3n) is 6.09. The van der Waals surface area contributed by atoms with E-state index in [1.807, 2.05) is 60.3 Å². The van der Waals surface area contributed by atoms with E-state index in [-0.39, 0.29) is 17.9 Å². The lowest BCUT2D eigenvalue weighted by atomic mass is 9.99. The van der Waals surface area contributed by atoms with Crippen LogP contribution in [0.5, 0.6) is 0 Å². The molecule has 0 N–H and O–H groups in total. The van der Waals surface area contributed by atoms with Crippen molar-refractivity contribution in [1.82, 2.24) is 24.8 Å². The van der Waals surface area contributed by atoms with Crippen LogP contribution in [-0.2, 0) is 11.3 Å². The highest BCUT2D eigenvalue weighted by Gasteiger charge is 2.31. The number of hydrogen-bond donors (Lipinski definition) is 0. The van der Waals surface area contributed by atoms with Gasteiger partial charge in [-0.15, -0.1) is 0 Å². The summed E-state index contributed by atoms with van der Waals surface area (Å²) in [4.78, 5) is 44.7. The number of nitrogens with zero attached hydrogens (tertiary/aromatic N) is 6. The molecule has 3 heterocycles. The minimum absolute atomic E-state index is 0.0216. The standard InChI is InChI=1S/C25H30N6O2/c1-17(32)30(4)16-20-15-23(29(2)3)28-24(27-20)22-9-5-6-13-31(22)25(33)19-10-11-21-18(14-19)8-7-12-26-21/h7-8,10-12,14-15,22H,5-6,9,13,16H2,1-4H3. The van der Waals surface area contributed by atoms with Gasteiger partial charge < -0.3 is 14.7 Å². The zero-order valence-corrected chi connectivity index (χ0v) is 19.7. The van der Waals surface area contributed by atoms with Crippen molar-refractivity contribution in [2.24, 2.45) is 0 Å². The van der Waals surface area contributed by atoms with E-state index in [0.29, 0.717) is 24.5 Å². The van der Waals surface area contributed by atoms with E-state index < -0.39 is 0 Å². The highest BCUT2D eigenvalue weighted by molar-refractivity contribution is 5.98. The van der Waals surface area contributed by atoms with Gasteiger partial charge in [0.1, 0.15) is 5.82 Å². The van der Waals surface area contributed by atoms with Gasteiger partial charge in [0.15, 0.2) is 5.82 Å². The van der Waals surface area contributed by atoms with E-state index in [9.17, 15) is 9.59 Å². The first-order valence-electron chi connectivity index (χ1n) is 11.3. The number of benzene rings is 1. The maximum Gasteiger partial charge on any atom is 0.254 e. The minimum Gasteiger partial charge on any atom is -0.363 e. The number of rotatable bonds is 5. The number of carbonyl (C=O) groups excluding carboxylic acids is 2. The van der Waals surface area contributed by atoms with Crippen LogP contribution >= 0.6 is 0 Å². The first-order chi connectivity index (χ1) is 15.8. The largest absolute Gasteiger partial charge is 0.363 e. The normalized spacial score (nSPS) is 16.0. The molecule has 1 aliphatic rings. The number of fused-ring (bicyclic) bond motifs is 1. The summed E-state index contributed by atoms with van der Waals surface area (Å²) < 4.78 is 0. The fourth-order valence-corrected chi connectivity index (χ4v) is 4.13. The van der Waals surface area contributed by atoms with E-state index in [0.717, 1.165) is 41.7 Å². The van der Waals surface area contributed by atoms with E-state index >= 15 is 0 Å². The summed E-state index contributed by atoms with van der Waals surface area (Å²) in [5.41, 5.74) is 2.27. The summed E-state index contributed by atoms with van der Waals surface area (Å²) in [5, 5.41) is 0.942. The average Bonchev–Trinajstić information content (AvgIpc) is 2.83. The predicted molar refractivity (Wildman–Crippen MR) is 128 cm³/mol. The molecule has 1 aromatic carbocycles. The molecule has 1 aliphatic heterocycles. The SMILES string of the molecule is CC(=O)N(C)Cc1cc(N(C)C)nc(C2CCCCN2C(=O)c2ccc3ncccc3c2)n1. The fourth-order valence-electron chi connectivity index (χ4n) is 4.13. The smallest absolute Gasteiger partial charge is 0.254 e. The van der Waals surface area contributed by atoms with Gasteiger partial charge in [-0.3, -0.25) is 14.6 Å². The van der Waals surface area contributed by atoms with Crippen LogP contribution in [0.1, 0.15) is 54.1 Å². The van der Waals surface area contributed by atoms with Gasteiger partial charge in [0.2, 0.25) is 5.91 Å². The molecule has 0 radical (unpaired) electrons. The zero-order chi connectivity index (χ0) is 23.5. The molecule has 2 amide bonds. The monoisotopic (exact) mass is 446 g/mol. The van der Waals surface area contributed by atoms with Crippen LogP contribution in [0.4, 0.5) is 5.82 Å². The third-order valence-corrected chi connectivity index (χ3v) is 6.09. The molecule has 0 saturated carbocycles. The van der Waals surface area contributed by atoms with Gasteiger partial charge in [0.05, 0.1) is 23.8 Å². The Morgan fingerprint density at radius 1 is 1.09 bits per heavy atom. The lowest BCUT2D eigenvalue weighted by Gasteiger charge is -2.35. The Labute approximate surface area is 194 Å². The van der Waals surface area contributed by atoms with Gasteiger partial charge in [-0.1, -0.05) is 6.07 Å². The van der Waals surface area contributed by atoms with Crippen molar-refractivity contribution in [3.63, 3.8) is 0 Å². The van der Waals surface area contributed by atoms with Crippen molar-refractivity contribution < 1.29 is 9.59 Å². The molecule has 1 saturated heterocycles. The first-order valence-corrected chi connectivity index (χ1v) is 11.3. The molecule has 1 unspecified atom stereocenters. The molecule has 0 bridgehead atoms. The molecule has 2 aromatic heterocycles. The Bertz CT molecular complexity index is 1180. The van der Waals surface area contributed by atoms with Crippen LogP contribution < -0.4 is 4.90 Å². The Kier molecular flexibility index (Phi) is 6.53. The number of amides is 2. The number of aromatic nitrogens is 3. The quantitative estimate of drug-likeness (QED) is 0.597. The topological polar surface area (TPSA) is 82.5 Å². The molecule has 0 aliphatic carbocycles. The second kappa shape index (κ2) is 9.52. The molecule has 172 valence electrons. The summed E-state index contributed by atoms with van der Waals surface area (Å²) in [7, 11) is 5.61. The number of pyridine rings is 1. The lowest BCUT2D eigenvalue weighted by Crippen LogP contribution is -2.39. The molecule has 0 spiro atoms. The highest BCUT2D eigenvalue weighted by atomic mass is 16.2. The maximum atomic E-state index is 13.6. The van der Waals surface area contributed by atoms with Crippen LogP contribution in [0.15, 0.2) is 42.6 Å². The number of carbonyl (C=O) groups is 2. The maximum absolute atomic E-state index is 13.6. The van der Waals surface area contributed by atoms with Gasteiger partial charge in [-0.2, -0.15) is 0 Å². The molecule has 4 rings (SSSR count). The number of anilines is 1. The zero-order valence-electron chi connectivity index (χ0n) is 19.7. The second-order valence-electron chi connectivity index (χ2n) is 8.77. The summed E-state index contributed by atoms with van der Waals surface area (Å²) >= 11 is 0. The molecule has 3 aromatic rings. The van der Waals surface area contributed by atoms with Gasteiger partial charge >= 0.3 is 0 Å². The Morgan fingerprint density at radius 3 is 2.67 bits per heavy atom. The van der Waals surface area contributed by atoms with Gasteiger partial charge in [-0.05, 0) is 43.5 Å². The summed E-state index contributed by atoms with van der Waals surface area (Å²) in [6.45, 7) is 2.59. The van der Waals surface area contributed by atoms with Gasteiger partial charge in [-0.25, -0.2) is 9.97 Å². The molecule has 8 nitrogen and oxygen atoms in total. The Morgan fingerprint density at radius 2 is 1.91 bits per heavy atom. The van der Waals surface area contributed by atoms with Crippen molar-refractivity contribution in [1.29, 1.82) is 0 Å². The van der Waals surface area contributed by atoms with Crippen LogP contribution in [0, 0.1) is 0 Å². The summed E-state index contributed by atoms with van der Waals surface area (Å²) in [6.07, 6.45) is 4.51. The predicted octanol–water partition coefficient (Wildman–Crippen LogP) is 3.44. The van der Waals surface area contributed by atoms with Crippen LogP contribution in [0.2, 0.25) is 0 Å². The highest BCUT2D eigenvalue weighted by Crippen LogP contribution is 2.32. The lowest BCUT2D eigenvalue weighted by molar-refractivity contribution is -0.128. The summed E-state index contributed by atoms with van der Waals surface area (Å²) in [6, 6.07) is 11.2. The van der Waals surface area contributed by atoms with E-state index in [1.165, 1.54) is 6.92 Å². The molecule has 1 atom stereocenters. The van der Waals surface area contributed by atoms with Crippen molar-refractivity contribution in [2.45, 2.75) is 38.8 Å². The van der Waals surface area contributed by atoms with Crippen molar-refractivity contribution in [3.8, 4) is 0 Å². The van der Waals surface area contributed by atoms with Crippen LogP contribution in [0.25, 0.3) is 10.9 Å². The van der Waals surface area contributed by atoms with E-state index in [4.69, 9.17) is 9.97 Å². The van der Waals surface area contributed by atoms with Gasteiger partial charge in [0.25, 0.3) is 5.91 Å². The molecule has 33 heavy (non-hydrogen) atoms. The number of piperidine rings is 1. The third kappa shape index (κ3) is 4.94. The molecular formula is C25H30N6O2. The second-order valence-corrected chi connectivity index (χ2v) is 8.77. The first kappa shape index (κ1) is 22.6.